The van der Waals surface area contributed by atoms with Crippen LogP contribution in [0.3, 0.4) is 0 Å². The smallest absolute Gasteiger partial charge is 0.492 e. The molecular weight excluding hydrogens is 248 g/mol. The van der Waals surface area contributed by atoms with Crippen LogP contribution in [0.15, 0.2) is 30.3 Å². The number of rotatable bonds is 3. The van der Waals surface area contributed by atoms with Crippen molar-refractivity contribution in [2.75, 3.05) is 14.2 Å². The number of nitrogens with zero attached hydrogens (tertiary/aromatic N) is 2. The molecule has 6 heteroatoms. The summed E-state index contributed by atoms with van der Waals surface area (Å²) in [6.07, 6.45) is 0. The molecule has 0 fully saturated rings. The van der Waals surface area contributed by atoms with Crippen molar-refractivity contribution in [1.29, 1.82) is 0 Å². The van der Waals surface area contributed by atoms with Gasteiger partial charge in [0.15, 0.2) is 0 Å². The lowest BCUT2D eigenvalue weighted by Gasteiger charge is -2.31. The second kappa shape index (κ2) is 4.57. The Labute approximate surface area is 112 Å². The molecule has 0 atom stereocenters. The van der Waals surface area contributed by atoms with Crippen molar-refractivity contribution in [3.63, 3.8) is 0 Å². The van der Waals surface area contributed by atoms with Gasteiger partial charge < -0.3 is 10.4 Å². The number of hydroxylamine groups is 3. The topological polar surface area (TPSA) is 68.0 Å². The standard InChI is InChI=1S/C13H18N2O4/c1-12(2)11(10-8-6-5-7-9-10)14(16)13(18-3,19-4)15(12)17/h5-9,17H,1-4H3. The molecule has 1 aliphatic rings. The van der Waals surface area contributed by atoms with Gasteiger partial charge in [-0.25, -0.2) is 0 Å². The fourth-order valence-electron chi connectivity index (χ4n) is 2.42. The molecule has 0 aliphatic carbocycles. The van der Waals surface area contributed by atoms with E-state index in [1.165, 1.54) is 14.2 Å². The van der Waals surface area contributed by atoms with Crippen molar-refractivity contribution in [2.24, 2.45) is 0 Å². The number of benzene rings is 1. The summed E-state index contributed by atoms with van der Waals surface area (Å²) >= 11 is 0. The van der Waals surface area contributed by atoms with Gasteiger partial charge in [0.05, 0.1) is 0 Å². The lowest BCUT2D eigenvalue weighted by Crippen LogP contribution is -2.57. The van der Waals surface area contributed by atoms with E-state index in [9.17, 15) is 10.4 Å². The van der Waals surface area contributed by atoms with E-state index >= 15 is 0 Å². The molecule has 19 heavy (non-hydrogen) atoms. The summed E-state index contributed by atoms with van der Waals surface area (Å²) in [4.78, 5) is 0. The van der Waals surface area contributed by atoms with Gasteiger partial charge in [-0.2, -0.15) is 0 Å². The SMILES string of the molecule is COC1(OC)N(O)C(C)(C)C(c2ccccc2)=[N+]1[O-]. The van der Waals surface area contributed by atoms with Gasteiger partial charge in [0, 0.05) is 19.8 Å². The van der Waals surface area contributed by atoms with Crippen LogP contribution in [-0.2, 0) is 9.47 Å². The molecule has 1 aromatic carbocycles. The third-order valence-corrected chi connectivity index (χ3v) is 3.42. The van der Waals surface area contributed by atoms with E-state index in [0.29, 0.717) is 16.0 Å². The molecular formula is C13H18N2O4. The Morgan fingerprint density at radius 1 is 1.16 bits per heavy atom. The molecule has 0 bridgehead atoms. The van der Waals surface area contributed by atoms with E-state index in [1.54, 1.807) is 26.0 Å². The predicted molar refractivity (Wildman–Crippen MR) is 68.6 cm³/mol. The minimum atomic E-state index is -1.87. The van der Waals surface area contributed by atoms with Crippen molar-refractivity contribution < 1.29 is 19.4 Å². The van der Waals surface area contributed by atoms with Crippen LogP contribution in [0.4, 0.5) is 0 Å². The Hall–Kier alpha value is -1.47. The van der Waals surface area contributed by atoms with Gasteiger partial charge in [0.2, 0.25) is 5.71 Å². The summed E-state index contributed by atoms with van der Waals surface area (Å²) < 4.78 is 10.8. The van der Waals surface area contributed by atoms with Crippen LogP contribution in [-0.4, -0.2) is 46.5 Å². The highest BCUT2D eigenvalue weighted by Crippen LogP contribution is 2.36. The average Bonchev–Trinajstić information content (AvgIpc) is 2.56. The molecule has 2 rings (SSSR count). The third kappa shape index (κ3) is 1.76. The van der Waals surface area contributed by atoms with Gasteiger partial charge in [-0.05, 0) is 26.0 Å². The molecule has 0 amide bonds. The number of hydrogen-bond donors (Lipinski definition) is 1. The molecule has 104 valence electrons. The first kappa shape index (κ1) is 14.0. The zero-order chi connectivity index (χ0) is 14.3. The number of hydrogen-bond acceptors (Lipinski definition) is 5. The first-order chi connectivity index (χ1) is 8.91. The largest absolute Gasteiger partial charge is 0.618 e. The second-order valence-corrected chi connectivity index (χ2v) is 4.84. The van der Waals surface area contributed by atoms with Crippen molar-refractivity contribution in [1.82, 2.24) is 5.06 Å². The Morgan fingerprint density at radius 2 is 1.68 bits per heavy atom. The molecule has 0 saturated carbocycles. The summed E-state index contributed by atoms with van der Waals surface area (Å²) in [5, 5.41) is 23.6. The fourth-order valence-corrected chi connectivity index (χ4v) is 2.42. The Kier molecular flexibility index (Phi) is 3.36. The minimum absolute atomic E-state index is 0.374. The van der Waals surface area contributed by atoms with Crippen LogP contribution in [0.1, 0.15) is 19.4 Å². The average molecular weight is 266 g/mol. The summed E-state index contributed by atoms with van der Waals surface area (Å²) in [6.45, 7) is 3.44. The lowest BCUT2D eigenvalue weighted by molar-refractivity contribution is -0.717. The second-order valence-electron chi connectivity index (χ2n) is 4.84. The summed E-state index contributed by atoms with van der Waals surface area (Å²) in [5.74, 6) is 0. The minimum Gasteiger partial charge on any atom is -0.618 e. The quantitative estimate of drug-likeness (QED) is 0.508. The number of methoxy groups -OCH3 is 2. The highest BCUT2D eigenvalue weighted by atomic mass is 16.8. The van der Waals surface area contributed by atoms with Gasteiger partial charge in [0.1, 0.15) is 5.54 Å². The molecule has 6 nitrogen and oxygen atoms in total. The van der Waals surface area contributed by atoms with Crippen molar-refractivity contribution >= 4 is 5.71 Å². The van der Waals surface area contributed by atoms with E-state index in [-0.39, 0.29) is 0 Å². The molecule has 1 N–H and O–H groups in total. The highest BCUT2D eigenvalue weighted by Gasteiger charge is 2.64. The van der Waals surface area contributed by atoms with E-state index < -0.39 is 11.6 Å². The van der Waals surface area contributed by atoms with Gasteiger partial charge in [0.25, 0.3) is 0 Å². The van der Waals surface area contributed by atoms with Gasteiger partial charge in [-0.3, -0.25) is 9.47 Å². The van der Waals surface area contributed by atoms with Gasteiger partial charge >= 0.3 is 6.03 Å². The van der Waals surface area contributed by atoms with E-state index in [4.69, 9.17) is 9.47 Å². The molecule has 0 aromatic heterocycles. The molecule has 0 saturated heterocycles. The first-order valence-corrected chi connectivity index (χ1v) is 5.91. The van der Waals surface area contributed by atoms with E-state index in [0.717, 1.165) is 5.06 Å². The first-order valence-electron chi connectivity index (χ1n) is 5.91. The highest BCUT2D eigenvalue weighted by molar-refractivity contribution is 6.04. The molecule has 0 spiro atoms. The van der Waals surface area contributed by atoms with E-state index in [1.807, 2.05) is 18.2 Å². The third-order valence-electron chi connectivity index (χ3n) is 3.42. The Balaban J connectivity index is 2.66. The molecule has 1 aliphatic heterocycles. The van der Waals surface area contributed by atoms with Gasteiger partial charge in [-0.1, -0.05) is 23.3 Å². The normalized spacial score (nSPS) is 21.9. The van der Waals surface area contributed by atoms with Crippen molar-refractivity contribution in [3.05, 3.63) is 41.1 Å². The summed E-state index contributed by atoms with van der Waals surface area (Å²) in [5.41, 5.74) is 0.131. The zero-order valence-electron chi connectivity index (χ0n) is 11.5. The molecule has 1 aromatic rings. The van der Waals surface area contributed by atoms with Crippen LogP contribution in [0.5, 0.6) is 0 Å². The van der Waals surface area contributed by atoms with Crippen molar-refractivity contribution in [2.45, 2.75) is 25.4 Å². The van der Waals surface area contributed by atoms with Crippen LogP contribution in [0.25, 0.3) is 0 Å². The van der Waals surface area contributed by atoms with Gasteiger partial charge in [-0.15, -0.1) is 4.74 Å². The van der Waals surface area contributed by atoms with E-state index in [2.05, 4.69) is 0 Å². The van der Waals surface area contributed by atoms with Crippen molar-refractivity contribution in [3.8, 4) is 0 Å². The lowest BCUT2D eigenvalue weighted by atomic mass is 9.93. The fraction of sp³-hybridized carbons (Fsp3) is 0.462. The summed E-state index contributed by atoms with van der Waals surface area (Å²) in [7, 11) is 2.61. The Bertz CT molecular complexity index is 495. The maximum Gasteiger partial charge on any atom is 0.492 e. The monoisotopic (exact) mass is 266 g/mol. The van der Waals surface area contributed by atoms with Crippen LogP contribution < -0.4 is 0 Å². The molecule has 0 radical (unpaired) electrons. The summed E-state index contributed by atoms with van der Waals surface area (Å²) in [6, 6.07) is 7.25. The zero-order valence-corrected chi connectivity index (χ0v) is 11.5. The van der Waals surface area contributed by atoms with Crippen LogP contribution >= 0.6 is 0 Å². The molecule has 0 unspecified atom stereocenters. The Morgan fingerprint density at radius 3 is 2.11 bits per heavy atom. The molecule has 1 heterocycles. The maximum absolute atomic E-state index is 12.5. The number of ether oxygens (including phenoxy) is 2. The predicted octanol–water partition coefficient (Wildman–Crippen LogP) is 1.37. The maximum atomic E-state index is 12.5. The van der Waals surface area contributed by atoms with Crippen LogP contribution in [0.2, 0.25) is 0 Å². The van der Waals surface area contributed by atoms with Crippen LogP contribution in [0, 0.1) is 5.21 Å².